The van der Waals surface area contributed by atoms with Crippen molar-refractivity contribution in [1.82, 2.24) is 10.3 Å². The Morgan fingerprint density at radius 2 is 1.26 bits per heavy atom. The second-order valence-corrected chi connectivity index (χ2v) is 8.62. The predicted molar refractivity (Wildman–Crippen MR) is 134 cm³/mol. The molecule has 0 aliphatic heterocycles. The number of benzene rings is 3. The number of rotatable bonds is 8. The van der Waals surface area contributed by atoms with Gasteiger partial charge in [-0.05, 0) is 44.3 Å². The van der Waals surface area contributed by atoms with Crippen LogP contribution in [0.5, 0.6) is 0 Å². The van der Waals surface area contributed by atoms with Gasteiger partial charge in [0.1, 0.15) is 16.1 Å². The molecule has 2 N–H and O–H groups in total. The summed E-state index contributed by atoms with van der Waals surface area (Å²) in [6.07, 6.45) is 1.71. The number of halogens is 1. The molecule has 6 heteroatoms. The van der Waals surface area contributed by atoms with Crippen LogP contribution in [-0.2, 0) is 21.4 Å². The largest absolute Gasteiger partial charge is 0.480 e. The van der Waals surface area contributed by atoms with E-state index >= 15 is 0 Å². The Hall–Kier alpha value is -3.77. The molecule has 0 saturated heterocycles. The molecule has 0 fully saturated rings. The molecule has 3 aromatic carbocycles. The summed E-state index contributed by atoms with van der Waals surface area (Å²) in [5, 5.41) is 12.8. The van der Waals surface area contributed by atoms with E-state index in [2.05, 4.69) is 26.2 Å². The molecule has 4 rings (SSSR count). The maximum atomic E-state index is 14.3. The van der Waals surface area contributed by atoms with Crippen molar-refractivity contribution in [1.29, 1.82) is 0 Å². The Bertz CT molecular complexity index is 1170. The number of carboxylic acid groups (broad SMARTS) is 1. The van der Waals surface area contributed by atoms with Crippen LogP contribution in [0.4, 0.5) is 0 Å². The minimum absolute atomic E-state index is 0.0872. The molecule has 0 radical (unpaired) electrons. The first-order chi connectivity index (χ1) is 16.5. The molecule has 34 heavy (non-hydrogen) atoms. The van der Waals surface area contributed by atoms with Gasteiger partial charge in [-0.1, -0.05) is 97.1 Å². The summed E-state index contributed by atoms with van der Waals surface area (Å²) in [5.41, 5.74) is 1.69. The summed E-state index contributed by atoms with van der Waals surface area (Å²) < 4.78 is 0.552. The van der Waals surface area contributed by atoms with Gasteiger partial charge in [0.05, 0.1) is 0 Å². The number of pyridine rings is 1. The van der Waals surface area contributed by atoms with E-state index in [1.54, 1.807) is 18.3 Å². The lowest BCUT2D eigenvalue weighted by atomic mass is 9.68. The van der Waals surface area contributed by atoms with Gasteiger partial charge >= 0.3 is 5.97 Å². The lowest BCUT2D eigenvalue weighted by Crippen LogP contribution is -2.52. The number of aromatic nitrogens is 1. The number of aliphatic carboxylic acids is 1. The van der Waals surface area contributed by atoms with E-state index in [-0.39, 0.29) is 6.42 Å². The highest BCUT2D eigenvalue weighted by atomic mass is 79.9. The Kier molecular flexibility index (Phi) is 7.18. The van der Waals surface area contributed by atoms with Crippen LogP contribution in [0.25, 0.3) is 0 Å². The second-order valence-electron chi connectivity index (χ2n) is 7.87. The van der Waals surface area contributed by atoms with Gasteiger partial charge in [0.2, 0.25) is 5.91 Å². The molecule has 1 atom stereocenters. The molecule has 0 spiro atoms. The van der Waals surface area contributed by atoms with Crippen molar-refractivity contribution in [2.45, 2.75) is 17.9 Å². The molecule has 0 aliphatic rings. The average molecular weight is 515 g/mol. The fourth-order valence-electron chi connectivity index (χ4n) is 4.22. The van der Waals surface area contributed by atoms with Crippen molar-refractivity contribution in [2.24, 2.45) is 0 Å². The predicted octanol–water partition coefficient (Wildman–Crippen LogP) is 4.99. The molecule has 0 saturated carbocycles. The van der Waals surface area contributed by atoms with Crippen molar-refractivity contribution in [2.75, 3.05) is 0 Å². The molecule has 5 nitrogen and oxygen atoms in total. The number of nitrogens with one attached hydrogen (secondary N) is 1. The van der Waals surface area contributed by atoms with Gasteiger partial charge in [-0.25, -0.2) is 9.78 Å². The molecule has 1 amide bonds. The molecular formula is C28H23BrN2O3. The van der Waals surface area contributed by atoms with E-state index in [1.165, 1.54) is 0 Å². The maximum Gasteiger partial charge on any atom is 0.326 e. The standard InChI is InChI=1S/C28H23BrN2O3/c29-25-20(11-10-18-30-25)19-24(26(32)33)31-27(34)28(21-12-4-1-5-13-21,22-14-6-2-7-15-22)23-16-8-3-9-17-23/h1-18,24H,19H2,(H,31,34)(H,32,33)/t24-/m1/s1. The van der Waals surface area contributed by atoms with Crippen LogP contribution in [0, 0.1) is 0 Å². The van der Waals surface area contributed by atoms with Crippen molar-refractivity contribution < 1.29 is 14.7 Å². The first kappa shape index (κ1) is 23.4. The number of hydrogen-bond acceptors (Lipinski definition) is 3. The van der Waals surface area contributed by atoms with Crippen LogP contribution in [0.1, 0.15) is 22.3 Å². The molecule has 0 aliphatic carbocycles. The molecule has 1 aromatic heterocycles. The zero-order valence-corrected chi connectivity index (χ0v) is 19.9. The number of carboxylic acids is 1. The molecular weight excluding hydrogens is 492 g/mol. The van der Waals surface area contributed by atoms with Crippen LogP contribution in [-0.4, -0.2) is 28.0 Å². The number of hydrogen-bond donors (Lipinski definition) is 2. The summed E-state index contributed by atoms with van der Waals surface area (Å²) in [5.74, 6) is -1.53. The minimum atomic E-state index is -1.25. The molecule has 170 valence electrons. The summed E-state index contributed by atoms with van der Waals surface area (Å²) >= 11 is 3.37. The Balaban J connectivity index is 1.85. The lowest BCUT2D eigenvalue weighted by Gasteiger charge is -2.35. The Morgan fingerprint density at radius 1 is 0.794 bits per heavy atom. The zero-order chi connectivity index (χ0) is 24.0. The van der Waals surface area contributed by atoms with E-state index in [0.29, 0.717) is 10.2 Å². The maximum absolute atomic E-state index is 14.3. The van der Waals surface area contributed by atoms with E-state index in [0.717, 1.165) is 16.7 Å². The van der Waals surface area contributed by atoms with Gasteiger partial charge in [-0.3, -0.25) is 4.79 Å². The highest BCUT2D eigenvalue weighted by Gasteiger charge is 2.45. The molecule has 1 heterocycles. The SMILES string of the molecule is O=C(O)[C@@H](Cc1cccnc1Br)NC(=O)C(c1ccccc1)(c1ccccc1)c1ccccc1. The topological polar surface area (TPSA) is 79.3 Å². The normalized spacial score (nSPS) is 12.0. The zero-order valence-electron chi connectivity index (χ0n) is 18.3. The number of amides is 1. The summed E-state index contributed by atoms with van der Waals surface area (Å²) in [4.78, 5) is 30.7. The highest BCUT2D eigenvalue weighted by Crippen LogP contribution is 2.39. The van der Waals surface area contributed by atoms with Crippen LogP contribution < -0.4 is 5.32 Å². The third kappa shape index (κ3) is 4.63. The highest BCUT2D eigenvalue weighted by molar-refractivity contribution is 9.10. The number of carbonyl (C=O) groups excluding carboxylic acids is 1. The number of carbonyl (C=O) groups is 2. The van der Waals surface area contributed by atoms with Gasteiger partial charge in [0, 0.05) is 12.6 Å². The first-order valence-corrected chi connectivity index (χ1v) is 11.6. The van der Waals surface area contributed by atoms with Crippen molar-refractivity contribution >= 4 is 27.8 Å². The van der Waals surface area contributed by atoms with Gasteiger partial charge in [0.25, 0.3) is 0 Å². The van der Waals surface area contributed by atoms with Gasteiger partial charge in [-0.2, -0.15) is 0 Å². The van der Waals surface area contributed by atoms with Crippen molar-refractivity contribution in [3.05, 3.63) is 136 Å². The van der Waals surface area contributed by atoms with Crippen molar-refractivity contribution in [3.8, 4) is 0 Å². The second kappa shape index (κ2) is 10.4. The van der Waals surface area contributed by atoms with Crippen molar-refractivity contribution in [3.63, 3.8) is 0 Å². The third-order valence-electron chi connectivity index (χ3n) is 5.82. The molecule has 4 aromatic rings. The van der Waals surface area contributed by atoms with E-state index in [9.17, 15) is 14.7 Å². The fourth-order valence-corrected chi connectivity index (χ4v) is 4.63. The van der Waals surface area contributed by atoms with Crippen LogP contribution in [0.3, 0.4) is 0 Å². The summed E-state index contributed by atoms with van der Waals surface area (Å²) in [6.45, 7) is 0. The average Bonchev–Trinajstić information content (AvgIpc) is 2.87. The quantitative estimate of drug-likeness (QED) is 0.256. The molecule has 0 unspecified atom stereocenters. The van der Waals surface area contributed by atoms with E-state index in [4.69, 9.17) is 0 Å². The van der Waals surface area contributed by atoms with Crippen LogP contribution in [0.2, 0.25) is 0 Å². The Morgan fingerprint density at radius 3 is 1.68 bits per heavy atom. The lowest BCUT2D eigenvalue weighted by molar-refractivity contribution is -0.142. The monoisotopic (exact) mass is 514 g/mol. The van der Waals surface area contributed by atoms with Gasteiger partial charge < -0.3 is 10.4 Å². The first-order valence-electron chi connectivity index (χ1n) is 10.8. The van der Waals surface area contributed by atoms with E-state index < -0.39 is 23.3 Å². The van der Waals surface area contributed by atoms with Crippen LogP contribution in [0.15, 0.2) is 114 Å². The number of nitrogens with zero attached hydrogens (tertiary/aromatic N) is 1. The summed E-state index contributed by atoms with van der Waals surface area (Å²) in [6, 6.07) is 30.7. The summed E-state index contributed by atoms with van der Waals surface area (Å²) in [7, 11) is 0. The smallest absolute Gasteiger partial charge is 0.326 e. The third-order valence-corrected chi connectivity index (χ3v) is 6.54. The van der Waals surface area contributed by atoms with Gasteiger partial charge in [-0.15, -0.1) is 0 Å². The molecule has 0 bridgehead atoms. The Labute approximate surface area is 206 Å². The van der Waals surface area contributed by atoms with Gasteiger partial charge in [0.15, 0.2) is 0 Å². The van der Waals surface area contributed by atoms with Crippen LogP contribution >= 0.6 is 15.9 Å². The van der Waals surface area contributed by atoms with E-state index in [1.807, 2.05) is 91.0 Å². The fraction of sp³-hybridized carbons (Fsp3) is 0.107. The minimum Gasteiger partial charge on any atom is -0.480 e.